The van der Waals surface area contributed by atoms with Crippen LogP contribution in [0.4, 0.5) is 0 Å². The fourth-order valence-corrected chi connectivity index (χ4v) is 3.11. The van der Waals surface area contributed by atoms with Gasteiger partial charge in [0.15, 0.2) is 0 Å². The molecule has 170 valence electrons. The van der Waals surface area contributed by atoms with E-state index in [0.717, 1.165) is 33.9 Å². The summed E-state index contributed by atoms with van der Waals surface area (Å²) in [5, 5.41) is 7.26. The summed E-state index contributed by atoms with van der Waals surface area (Å²) in [4.78, 5) is 26.2. The Labute approximate surface area is 194 Å². The maximum absolute atomic E-state index is 13.1. The molecule has 0 saturated heterocycles. The molecule has 0 unspecified atom stereocenters. The number of hydrogen-bond acceptors (Lipinski definition) is 6. The molecule has 3 N–H and O–H groups in total. The first kappa shape index (κ1) is 23.6. The van der Waals surface area contributed by atoms with Gasteiger partial charge in [-0.15, -0.1) is 0 Å². The van der Waals surface area contributed by atoms with Crippen molar-refractivity contribution in [2.75, 3.05) is 6.54 Å². The number of carbonyl (C=O) groups excluding carboxylic acids is 1. The van der Waals surface area contributed by atoms with Gasteiger partial charge in [-0.25, -0.2) is 9.67 Å². The van der Waals surface area contributed by atoms with Gasteiger partial charge in [0, 0.05) is 35.7 Å². The summed E-state index contributed by atoms with van der Waals surface area (Å²) in [6.07, 6.45) is 6.28. The number of aliphatic imine (C=N–C) groups is 1. The Morgan fingerprint density at radius 2 is 2.06 bits per heavy atom. The summed E-state index contributed by atoms with van der Waals surface area (Å²) in [7, 11) is 0. The minimum Gasteiger partial charge on any atom is -0.403 e. The number of aromatic nitrogens is 4. The third kappa shape index (κ3) is 6.00. The molecule has 2 aromatic heterocycles. The Hall–Kier alpha value is -4.07. The topological polar surface area (TPSA) is 111 Å². The molecule has 0 saturated carbocycles. The molecule has 1 amide bonds. The summed E-state index contributed by atoms with van der Waals surface area (Å²) in [5.41, 5.74) is 10.8. The number of nitrogens with two attached hydrogens (primary N) is 1. The Morgan fingerprint density at radius 3 is 2.70 bits per heavy atom. The van der Waals surface area contributed by atoms with Crippen LogP contribution in [0.15, 0.2) is 71.9 Å². The Morgan fingerprint density at radius 1 is 1.27 bits per heavy atom. The second-order valence-corrected chi connectivity index (χ2v) is 8.12. The van der Waals surface area contributed by atoms with Gasteiger partial charge in [0.25, 0.3) is 5.91 Å². The van der Waals surface area contributed by atoms with Crippen LogP contribution in [0.5, 0.6) is 0 Å². The maximum atomic E-state index is 13.1. The summed E-state index contributed by atoms with van der Waals surface area (Å²) in [6, 6.07) is 9.48. The molecule has 0 aliphatic carbocycles. The van der Waals surface area contributed by atoms with E-state index < -0.39 is 0 Å². The number of amides is 1. The van der Waals surface area contributed by atoms with Crippen LogP contribution in [0, 0.1) is 6.92 Å². The predicted molar refractivity (Wildman–Crippen MR) is 131 cm³/mol. The number of benzene rings is 1. The molecule has 3 rings (SSSR count). The second kappa shape index (κ2) is 10.5. The first-order chi connectivity index (χ1) is 15.8. The average Bonchev–Trinajstić information content (AvgIpc) is 3.29. The van der Waals surface area contributed by atoms with E-state index in [4.69, 9.17) is 5.73 Å². The lowest BCUT2D eigenvalue weighted by molar-refractivity contribution is 0.0957. The summed E-state index contributed by atoms with van der Waals surface area (Å²) in [5.74, 6) is 0.702. The van der Waals surface area contributed by atoms with Gasteiger partial charge in [0.2, 0.25) is 0 Å². The van der Waals surface area contributed by atoms with Gasteiger partial charge in [-0.05, 0) is 49.2 Å². The van der Waals surface area contributed by atoms with Crippen molar-refractivity contribution >= 4 is 12.1 Å². The zero-order valence-corrected chi connectivity index (χ0v) is 19.4. The maximum Gasteiger partial charge on any atom is 0.251 e. The lowest BCUT2D eigenvalue weighted by atomic mass is 10.0. The van der Waals surface area contributed by atoms with Crippen LogP contribution in [0.2, 0.25) is 0 Å². The van der Waals surface area contributed by atoms with Crippen LogP contribution in [0.3, 0.4) is 0 Å². The Bertz CT molecular complexity index is 1200. The number of nitrogens with zero attached hydrogens (tertiary/aromatic N) is 5. The van der Waals surface area contributed by atoms with Gasteiger partial charge in [-0.2, -0.15) is 5.10 Å². The molecule has 0 aliphatic heterocycles. The largest absolute Gasteiger partial charge is 0.403 e. The lowest BCUT2D eigenvalue weighted by Gasteiger charge is -2.13. The van der Waals surface area contributed by atoms with Crippen molar-refractivity contribution in [2.45, 2.75) is 33.6 Å². The highest BCUT2D eigenvalue weighted by Crippen LogP contribution is 2.25. The molecule has 0 aliphatic rings. The lowest BCUT2D eigenvalue weighted by Crippen LogP contribution is -2.26. The van der Waals surface area contributed by atoms with Gasteiger partial charge < -0.3 is 11.1 Å². The first-order valence-electron chi connectivity index (χ1n) is 10.7. The standard InChI is InChI=1S/C25H29N7O/c1-16(2)12-27-21(11-26)14-29-25(33)20-8-19(23-7-6-18(5)13-28-23)9-22(10-20)32-24(17(3)4)30-15-31-32/h6-13,15,17H,1,14,26H2,2-5H3,(H,29,33)/b21-11-,27-12?. The minimum absolute atomic E-state index is 0.161. The summed E-state index contributed by atoms with van der Waals surface area (Å²) < 4.78 is 1.75. The van der Waals surface area contributed by atoms with Gasteiger partial charge in [0.05, 0.1) is 23.6 Å². The highest BCUT2D eigenvalue weighted by Gasteiger charge is 2.16. The fraction of sp³-hybridized carbons (Fsp3) is 0.240. The number of aryl methyl sites for hydroxylation is 1. The molecule has 8 nitrogen and oxygen atoms in total. The van der Waals surface area contributed by atoms with Gasteiger partial charge >= 0.3 is 0 Å². The number of rotatable bonds is 8. The molecule has 0 fully saturated rings. The minimum atomic E-state index is -0.263. The number of hydrogen-bond donors (Lipinski definition) is 2. The number of nitrogens with one attached hydrogen (secondary N) is 1. The van der Waals surface area contributed by atoms with E-state index >= 15 is 0 Å². The molecular weight excluding hydrogens is 414 g/mol. The highest BCUT2D eigenvalue weighted by atomic mass is 16.1. The zero-order valence-electron chi connectivity index (χ0n) is 19.4. The van der Waals surface area contributed by atoms with Gasteiger partial charge in [-0.3, -0.25) is 14.8 Å². The fourth-order valence-electron chi connectivity index (χ4n) is 3.11. The molecule has 0 atom stereocenters. The van der Waals surface area contributed by atoms with Crippen molar-refractivity contribution in [2.24, 2.45) is 10.7 Å². The molecule has 8 heteroatoms. The van der Waals surface area contributed by atoms with Gasteiger partial charge in [-0.1, -0.05) is 26.5 Å². The van der Waals surface area contributed by atoms with Crippen LogP contribution in [0.1, 0.15) is 48.4 Å². The SMILES string of the molecule is C=C(C)C=N/C(=C\N)CNC(=O)c1cc(-c2ccc(C)cn2)cc(-n2ncnc2C(C)C)c1. The molecule has 0 spiro atoms. The summed E-state index contributed by atoms with van der Waals surface area (Å²) >= 11 is 0. The second-order valence-electron chi connectivity index (χ2n) is 8.12. The molecule has 2 heterocycles. The molecule has 0 radical (unpaired) electrons. The number of allylic oxidation sites excluding steroid dienone is 1. The van der Waals surface area contributed by atoms with Crippen molar-refractivity contribution in [3.8, 4) is 16.9 Å². The zero-order chi connectivity index (χ0) is 24.0. The highest BCUT2D eigenvalue weighted by molar-refractivity contribution is 5.96. The molecular formula is C25H29N7O. The van der Waals surface area contributed by atoms with E-state index in [9.17, 15) is 4.79 Å². The van der Waals surface area contributed by atoms with Gasteiger partial charge in [0.1, 0.15) is 12.2 Å². The quantitative estimate of drug-likeness (QED) is 0.512. The van der Waals surface area contributed by atoms with E-state index in [-0.39, 0.29) is 18.4 Å². The monoisotopic (exact) mass is 443 g/mol. The smallest absolute Gasteiger partial charge is 0.251 e. The third-order valence-electron chi connectivity index (χ3n) is 4.80. The van der Waals surface area contributed by atoms with Crippen molar-refractivity contribution < 1.29 is 4.79 Å². The molecule has 3 aromatic rings. The van der Waals surface area contributed by atoms with Crippen LogP contribution in [0.25, 0.3) is 16.9 Å². The van der Waals surface area contributed by atoms with Crippen LogP contribution >= 0.6 is 0 Å². The van der Waals surface area contributed by atoms with Crippen LogP contribution < -0.4 is 11.1 Å². The number of pyridine rings is 1. The average molecular weight is 444 g/mol. The molecule has 33 heavy (non-hydrogen) atoms. The predicted octanol–water partition coefficient (Wildman–Crippen LogP) is 3.94. The Kier molecular flexibility index (Phi) is 7.50. The van der Waals surface area contributed by atoms with Crippen molar-refractivity contribution in [1.82, 2.24) is 25.1 Å². The molecule has 1 aromatic carbocycles. The summed E-state index contributed by atoms with van der Waals surface area (Å²) in [6.45, 7) is 11.9. The van der Waals surface area contributed by atoms with E-state index in [2.05, 4.69) is 32.0 Å². The number of carbonyl (C=O) groups is 1. The van der Waals surface area contributed by atoms with E-state index in [1.807, 2.05) is 52.0 Å². The third-order valence-corrected chi connectivity index (χ3v) is 4.80. The normalized spacial score (nSPS) is 11.8. The van der Waals surface area contributed by atoms with Crippen molar-refractivity contribution in [1.29, 1.82) is 0 Å². The van der Waals surface area contributed by atoms with Crippen molar-refractivity contribution in [3.63, 3.8) is 0 Å². The van der Waals surface area contributed by atoms with Crippen molar-refractivity contribution in [3.05, 3.63) is 83.9 Å². The van der Waals surface area contributed by atoms with Crippen LogP contribution in [-0.2, 0) is 0 Å². The van der Waals surface area contributed by atoms with E-state index in [0.29, 0.717) is 11.3 Å². The molecule has 0 bridgehead atoms. The van der Waals surface area contributed by atoms with E-state index in [1.165, 1.54) is 12.5 Å². The van der Waals surface area contributed by atoms with Crippen LogP contribution in [-0.4, -0.2) is 38.4 Å². The first-order valence-corrected chi connectivity index (χ1v) is 10.7. The Balaban J connectivity index is 1.98. The van der Waals surface area contributed by atoms with E-state index in [1.54, 1.807) is 23.2 Å².